The molecule has 150 valence electrons. The van der Waals surface area contributed by atoms with E-state index in [2.05, 4.69) is 20.7 Å². The van der Waals surface area contributed by atoms with Gasteiger partial charge >= 0.3 is 0 Å². The third-order valence-electron chi connectivity index (χ3n) is 3.90. The third-order valence-corrected chi connectivity index (χ3v) is 5.10. The minimum Gasteiger partial charge on any atom is -0.326 e. The van der Waals surface area contributed by atoms with Crippen molar-refractivity contribution in [3.8, 4) is 11.3 Å². The fourth-order valence-electron chi connectivity index (χ4n) is 2.60. The molecule has 0 bridgehead atoms. The molecule has 0 saturated carbocycles. The van der Waals surface area contributed by atoms with E-state index in [4.69, 9.17) is 11.6 Å². The number of amides is 2. The summed E-state index contributed by atoms with van der Waals surface area (Å²) in [5, 5.41) is 11.7. The fourth-order valence-corrected chi connectivity index (χ4v) is 3.55. The number of nitrogens with zero attached hydrogens (tertiary/aromatic N) is 3. The van der Waals surface area contributed by atoms with Gasteiger partial charge in [-0.15, -0.1) is 11.3 Å². The molecular formula is C19H17ClFN5O2S. The molecule has 2 aromatic heterocycles. The van der Waals surface area contributed by atoms with Gasteiger partial charge < -0.3 is 5.32 Å². The molecule has 2 amide bonds. The average molecular weight is 434 g/mol. The number of hydrogen-bond acceptors (Lipinski definition) is 5. The van der Waals surface area contributed by atoms with Crippen LogP contribution in [0.3, 0.4) is 0 Å². The molecule has 1 aromatic carbocycles. The van der Waals surface area contributed by atoms with E-state index in [9.17, 15) is 14.0 Å². The molecule has 2 N–H and O–H groups in total. The smallest absolute Gasteiger partial charge is 0.250 e. The number of aryl methyl sites for hydroxylation is 2. The van der Waals surface area contributed by atoms with Gasteiger partial charge in [-0.3, -0.25) is 19.6 Å². The zero-order valence-corrected chi connectivity index (χ0v) is 17.4. The Labute approximate surface area is 175 Å². The SMILES string of the molecule is CC(=O)Nc1ccc(-c2csc(NC(=O)/C=C/c3c(C)nn(C)c3Cl)n2)c(F)c1. The highest BCUT2D eigenvalue weighted by atomic mass is 35.5. The van der Waals surface area contributed by atoms with Crippen molar-refractivity contribution in [3.05, 3.63) is 51.9 Å². The molecule has 29 heavy (non-hydrogen) atoms. The van der Waals surface area contributed by atoms with Crippen LogP contribution in [0.2, 0.25) is 5.15 Å². The summed E-state index contributed by atoms with van der Waals surface area (Å²) in [6.07, 6.45) is 2.91. The Morgan fingerprint density at radius 3 is 2.69 bits per heavy atom. The van der Waals surface area contributed by atoms with Crippen LogP contribution < -0.4 is 10.6 Å². The van der Waals surface area contributed by atoms with Crippen LogP contribution >= 0.6 is 22.9 Å². The van der Waals surface area contributed by atoms with E-state index in [1.54, 1.807) is 31.5 Å². The van der Waals surface area contributed by atoms with Crippen molar-refractivity contribution < 1.29 is 14.0 Å². The van der Waals surface area contributed by atoms with Gasteiger partial charge in [0.1, 0.15) is 11.0 Å². The summed E-state index contributed by atoms with van der Waals surface area (Å²) in [5.41, 5.74) is 2.37. The van der Waals surface area contributed by atoms with Crippen molar-refractivity contribution >= 4 is 51.6 Å². The average Bonchev–Trinajstić information content (AvgIpc) is 3.18. The van der Waals surface area contributed by atoms with Crippen molar-refractivity contribution in [2.45, 2.75) is 13.8 Å². The van der Waals surface area contributed by atoms with Crippen molar-refractivity contribution in [3.63, 3.8) is 0 Å². The van der Waals surface area contributed by atoms with E-state index in [0.717, 1.165) is 0 Å². The van der Waals surface area contributed by atoms with E-state index < -0.39 is 11.7 Å². The molecule has 7 nitrogen and oxygen atoms in total. The summed E-state index contributed by atoms with van der Waals surface area (Å²) in [6, 6.07) is 4.32. The summed E-state index contributed by atoms with van der Waals surface area (Å²) in [5.74, 6) is -1.21. The minimum absolute atomic E-state index is 0.268. The van der Waals surface area contributed by atoms with E-state index in [1.807, 2.05) is 0 Å². The lowest BCUT2D eigenvalue weighted by Crippen LogP contribution is -2.07. The van der Waals surface area contributed by atoms with Crippen LogP contribution in [-0.2, 0) is 16.6 Å². The van der Waals surface area contributed by atoms with Gasteiger partial charge in [-0.25, -0.2) is 9.37 Å². The van der Waals surface area contributed by atoms with Crippen molar-refractivity contribution in [1.29, 1.82) is 0 Å². The lowest BCUT2D eigenvalue weighted by Gasteiger charge is -2.04. The highest BCUT2D eigenvalue weighted by molar-refractivity contribution is 7.14. The monoisotopic (exact) mass is 433 g/mol. The van der Waals surface area contributed by atoms with Gasteiger partial charge in [0.05, 0.1) is 11.4 Å². The normalized spacial score (nSPS) is 11.1. The first-order chi connectivity index (χ1) is 13.7. The van der Waals surface area contributed by atoms with Gasteiger partial charge in [-0.1, -0.05) is 11.6 Å². The first kappa shape index (κ1) is 20.7. The summed E-state index contributed by atoms with van der Waals surface area (Å²) in [6.45, 7) is 3.14. The Bertz CT molecular complexity index is 1120. The summed E-state index contributed by atoms with van der Waals surface area (Å²) >= 11 is 7.30. The second-order valence-corrected chi connectivity index (χ2v) is 7.37. The van der Waals surface area contributed by atoms with Gasteiger partial charge in [-0.05, 0) is 31.2 Å². The maximum absolute atomic E-state index is 14.3. The number of halogens is 2. The van der Waals surface area contributed by atoms with Gasteiger partial charge in [0.2, 0.25) is 11.8 Å². The zero-order chi connectivity index (χ0) is 21.1. The highest BCUT2D eigenvalue weighted by Crippen LogP contribution is 2.29. The van der Waals surface area contributed by atoms with Crippen molar-refractivity contribution in [2.24, 2.45) is 7.05 Å². The number of nitrogens with one attached hydrogen (secondary N) is 2. The molecule has 0 radical (unpaired) electrons. The summed E-state index contributed by atoms with van der Waals surface area (Å²) in [7, 11) is 1.71. The maximum atomic E-state index is 14.3. The highest BCUT2D eigenvalue weighted by Gasteiger charge is 2.12. The predicted octanol–water partition coefficient (Wildman–Crippen LogP) is 4.25. The van der Waals surface area contributed by atoms with Crippen LogP contribution in [0.5, 0.6) is 0 Å². The lowest BCUT2D eigenvalue weighted by atomic mass is 10.1. The van der Waals surface area contributed by atoms with Crippen LogP contribution in [0.1, 0.15) is 18.2 Å². The van der Waals surface area contributed by atoms with E-state index in [1.165, 1.54) is 41.2 Å². The Balaban J connectivity index is 1.71. The minimum atomic E-state index is -0.527. The molecule has 0 atom stereocenters. The van der Waals surface area contributed by atoms with Crippen LogP contribution in [-0.4, -0.2) is 26.6 Å². The molecule has 0 spiro atoms. The largest absolute Gasteiger partial charge is 0.326 e. The van der Waals surface area contributed by atoms with Crippen molar-refractivity contribution in [2.75, 3.05) is 10.6 Å². The molecule has 0 saturated heterocycles. The fraction of sp³-hybridized carbons (Fsp3) is 0.158. The van der Waals surface area contributed by atoms with Crippen LogP contribution in [0.4, 0.5) is 15.2 Å². The number of rotatable bonds is 5. The van der Waals surface area contributed by atoms with E-state index in [0.29, 0.717) is 32.9 Å². The van der Waals surface area contributed by atoms with Crippen LogP contribution in [0.15, 0.2) is 29.7 Å². The molecule has 2 heterocycles. The van der Waals surface area contributed by atoms with Gasteiger partial charge in [0, 0.05) is 42.2 Å². The molecule has 3 rings (SSSR count). The van der Waals surface area contributed by atoms with E-state index in [-0.39, 0.29) is 11.5 Å². The second kappa shape index (κ2) is 8.54. The van der Waals surface area contributed by atoms with Crippen LogP contribution in [0.25, 0.3) is 17.3 Å². The zero-order valence-electron chi connectivity index (χ0n) is 15.8. The second-order valence-electron chi connectivity index (χ2n) is 6.15. The Morgan fingerprint density at radius 2 is 2.07 bits per heavy atom. The molecule has 0 aliphatic carbocycles. The van der Waals surface area contributed by atoms with E-state index >= 15 is 0 Å². The first-order valence-electron chi connectivity index (χ1n) is 8.46. The Hall–Kier alpha value is -3.04. The number of carbonyl (C=O) groups excluding carboxylic acids is 2. The number of hydrogen-bond donors (Lipinski definition) is 2. The number of aromatic nitrogens is 3. The molecule has 0 unspecified atom stereocenters. The van der Waals surface area contributed by atoms with Crippen LogP contribution in [0, 0.1) is 12.7 Å². The molecule has 0 aliphatic rings. The molecule has 0 aliphatic heterocycles. The lowest BCUT2D eigenvalue weighted by molar-refractivity contribution is -0.114. The maximum Gasteiger partial charge on any atom is 0.250 e. The molecular weight excluding hydrogens is 417 g/mol. The number of thiazole rings is 1. The number of anilines is 2. The summed E-state index contributed by atoms with van der Waals surface area (Å²) < 4.78 is 15.9. The number of benzene rings is 1. The predicted molar refractivity (Wildman–Crippen MR) is 112 cm³/mol. The topological polar surface area (TPSA) is 88.9 Å². The first-order valence-corrected chi connectivity index (χ1v) is 9.71. The molecule has 3 aromatic rings. The molecule has 0 fully saturated rings. The third kappa shape index (κ3) is 4.87. The van der Waals surface area contributed by atoms with Crippen molar-refractivity contribution in [1.82, 2.24) is 14.8 Å². The summed E-state index contributed by atoms with van der Waals surface area (Å²) in [4.78, 5) is 27.5. The van der Waals surface area contributed by atoms with Gasteiger partial charge in [0.15, 0.2) is 5.13 Å². The Morgan fingerprint density at radius 1 is 1.31 bits per heavy atom. The standard InChI is InChI=1S/C19H17ClFN5O2S/c1-10-13(18(20)26(3)25-10)6-7-17(28)24-19-23-16(9-29-19)14-5-4-12(8-15(14)21)22-11(2)27/h4-9H,1-3H3,(H,22,27)(H,23,24,28)/b7-6+. The quantitative estimate of drug-likeness (QED) is 0.588. The Kier molecular flexibility index (Phi) is 6.09. The molecule has 10 heteroatoms. The van der Waals surface area contributed by atoms with Gasteiger partial charge in [0.25, 0.3) is 0 Å². The number of carbonyl (C=O) groups is 2. The van der Waals surface area contributed by atoms with Gasteiger partial charge in [-0.2, -0.15) is 5.10 Å².